The maximum absolute atomic E-state index is 13.1. The van der Waals surface area contributed by atoms with Gasteiger partial charge in [-0.1, -0.05) is 12.1 Å². The number of rotatable bonds is 5. The number of anilines is 1. The minimum atomic E-state index is -0.398. The van der Waals surface area contributed by atoms with E-state index in [4.69, 9.17) is 4.52 Å². The highest BCUT2D eigenvalue weighted by Crippen LogP contribution is 2.29. The third kappa shape index (κ3) is 4.22. The quantitative estimate of drug-likeness (QED) is 0.498. The second-order valence-corrected chi connectivity index (χ2v) is 7.35. The fraction of sp³-hybridized carbons (Fsp3) is 0.0952. The lowest BCUT2D eigenvalue weighted by atomic mass is 10.2. The summed E-state index contributed by atoms with van der Waals surface area (Å²) in [5.74, 6) is 0.322. The molecule has 0 unspecified atom stereocenters. The van der Waals surface area contributed by atoms with Crippen molar-refractivity contribution in [1.29, 1.82) is 0 Å². The van der Waals surface area contributed by atoms with Gasteiger partial charge in [-0.15, -0.1) is 16.3 Å². The monoisotopic (exact) mass is 409 g/mol. The first-order valence-electron chi connectivity index (χ1n) is 8.78. The van der Waals surface area contributed by atoms with Crippen LogP contribution < -0.4 is 10.9 Å². The number of aromatic nitrogens is 2. The first-order chi connectivity index (χ1) is 14.0. The number of para-hydroxylation sites is 1. The number of nitrogens with zero attached hydrogens (tertiary/aromatic N) is 2. The molecule has 0 atom stereocenters. The predicted molar refractivity (Wildman–Crippen MR) is 109 cm³/mol. The molecule has 146 valence electrons. The highest BCUT2D eigenvalue weighted by atomic mass is 32.2. The maximum Gasteiger partial charge on any atom is 0.287 e. The van der Waals surface area contributed by atoms with E-state index in [1.807, 2.05) is 18.2 Å². The number of carbonyl (C=O) groups excluding carboxylic acids is 1. The molecule has 1 amide bonds. The van der Waals surface area contributed by atoms with Crippen LogP contribution in [0.1, 0.15) is 21.8 Å². The zero-order valence-electron chi connectivity index (χ0n) is 15.4. The number of fused-ring (bicyclic) bond motifs is 1. The molecule has 1 N–H and O–H groups in total. The van der Waals surface area contributed by atoms with Gasteiger partial charge < -0.3 is 9.84 Å². The lowest BCUT2D eigenvalue weighted by Crippen LogP contribution is -2.13. The van der Waals surface area contributed by atoms with Gasteiger partial charge in [-0.2, -0.15) is 0 Å². The van der Waals surface area contributed by atoms with Crippen LogP contribution in [0.5, 0.6) is 0 Å². The third-order valence-electron chi connectivity index (χ3n) is 4.14. The summed E-state index contributed by atoms with van der Waals surface area (Å²) in [7, 11) is 0. The van der Waals surface area contributed by atoms with Gasteiger partial charge in [0, 0.05) is 28.3 Å². The van der Waals surface area contributed by atoms with Gasteiger partial charge in [0.1, 0.15) is 11.6 Å². The predicted octanol–water partition coefficient (Wildman–Crippen LogP) is 4.28. The molecule has 0 bridgehead atoms. The molecule has 4 rings (SSSR count). The van der Waals surface area contributed by atoms with E-state index in [-0.39, 0.29) is 11.5 Å². The van der Waals surface area contributed by atoms with Gasteiger partial charge in [0.2, 0.25) is 0 Å². The lowest BCUT2D eigenvalue weighted by Gasteiger charge is -2.10. The summed E-state index contributed by atoms with van der Waals surface area (Å²) < 4.78 is 19.5. The Hall–Kier alpha value is -3.39. The highest BCUT2D eigenvalue weighted by Gasteiger charge is 2.11. The van der Waals surface area contributed by atoms with E-state index in [0.29, 0.717) is 34.1 Å². The Bertz CT molecular complexity index is 1250. The highest BCUT2D eigenvalue weighted by molar-refractivity contribution is 7.98. The van der Waals surface area contributed by atoms with Crippen molar-refractivity contribution < 1.29 is 13.7 Å². The minimum absolute atomic E-state index is 0.281. The largest absolute Gasteiger partial charge is 0.375 e. The Morgan fingerprint density at radius 1 is 1.17 bits per heavy atom. The number of carbonyl (C=O) groups is 1. The van der Waals surface area contributed by atoms with Crippen LogP contribution >= 0.6 is 11.8 Å². The molecular formula is C21H16FN3O3S. The molecule has 0 saturated heterocycles. The van der Waals surface area contributed by atoms with Crippen molar-refractivity contribution in [2.45, 2.75) is 17.6 Å². The zero-order chi connectivity index (χ0) is 20.4. The second kappa shape index (κ2) is 7.92. The number of thioether (sulfide) groups is 1. The summed E-state index contributed by atoms with van der Waals surface area (Å²) in [6, 6.07) is 15.8. The number of nitrogens with one attached hydrogen (secondary N) is 1. The number of hydrogen-bond acceptors (Lipinski definition) is 5. The minimum Gasteiger partial charge on any atom is -0.375 e. The normalized spacial score (nSPS) is 11.0. The van der Waals surface area contributed by atoms with Gasteiger partial charge in [0.25, 0.3) is 11.5 Å². The first-order valence-corrected chi connectivity index (χ1v) is 9.76. The standard InChI is InChI=1S/C21H16FN3O3S/c1-13-10-19-23-16(11-20(26)25(19)28-13)12-29-18-5-3-2-4-17(18)24-21(27)14-6-8-15(22)9-7-14/h2-11H,12H2,1H3,(H,24,27). The summed E-state index contributed by atoms with van der Waals surface area (Å²) >= 11 is 1.45. The molecule has 0 saturated carbocycles. The number of aryl methyl sites for hydroxylation is 1. The molecule has 4 aromatic rings. The van der Waals surface area contributed by atoms with Crippen LogP contribution in [0.3, 0.4) is 0 Å². The molecule has 0 fully saturated rings. The van der Waals surface area contributed by atoms with Crippen molar-refractivity contribution in [3.05, 3.63) is 93.9 Å². The molecule has 0 aliphatic heterocycles. The van der Waals surface area contributed by atoms with E-state index in [0.717, 1.165) is 9.47 Å². The summed E-state index contributed by atoms with van der Waals surface area (Å²) in [4.78, 5) is 29.9. The van der Waals surface area contributed by atoms with Crippen LogP contribution in [0.15, 0.2) is 74.9 Å². The van der Waals surface area contributed by atoms with Crippen LogP contribution in [-0.4, -0.2) is 15.5 Å². The Kier molecular flexibility index (Phi) is 5.18. The van der Waals surface area contributed by atoms with Gasteiger partial charge >= 0.3 is 0 Å². The van der Waals surface area contributed by atoms with E-state index in [9.17, 15) is 14.0 Å². The zero-order valence-corrected chi connectivity index (χ0v) is 16.2. The Morgan fingerprint density at radius 2 is 1.93 bits per heavy atom. The van der Waals surface area contributed by atoms with Crippen molar-refractivity contribution in [2.75, 3.05) is 5.32 Å². The summed E-state index contributed by atoms with van der Waals surface area (Å²) in [6.07, 6.45) is 0. The fourth-order valence-corrected chi connectivity index (χ4v) is 3.69. The van der Waals surface area contributed by atoms with Gasteiger partial charge in [0.15, 0.2) is 5.65 Å². The maximum atomic E-state index is 13.1. The number of halogens is 1. The van der Waals surface area contributed by atoms with Crippen molar-refractivity contribution >= 4 is 29.0 Å². The van der Waals surface area contributed by atoms with E-state index in [1.165, 1.54) is 42.1 Å². The van der Waals surface area contributed by atoms with Crippen LogP contribution in [-0.2, 0) is 5.75 Å². The molecule has 0 radical (unpaired) electrons. The second-order valence-electron chi connectivity index (χ2n) is 6.33. The molecular weight excluding hydrogens is 393 g/mol. The lowest BCUT2D eigenvalue weighted by molar-refractivity contribution is 0.102. The molecule has 0 spiro atoms. The average molecular weight is 409 g/mol. The van der Waals surface area contributed by atoms with E-state index >= 15 is 0 Å². The Balaban J connectivity index is 1.52. The number of benzene rings is 2. The van der Waals surface area contributed by atoms with Crippen LogP contribution in [0.2, 0.25) is 0 Å². The van der Waals surface area contributed by atoms with Crippen LogP contribution in [0.25, 0.3) is 5.65 Å². The van der Waals surface area contributed by atoms with Gasteiger partial charge in [-0.05, 0) is 43.3 Å². The molecule has 0 aliphatic rings. The Morgan fingerprint density at radius 3 is 2.72 bits per heavy atom. The van der Waals surface area contributed by atoms with E-state index in [1.54, 1.807) is 19.1 Å². The van der Waals surface area contributed by atoms with Crippen LogP contribution in [0.4, 0.5) is 10.1 Å². The van der Waals surface area contributed by atoms with Crippen molar-refractivity contribution in [3.63, 3.8) is 0 Å². The van der Waals surface area contributed by atoms with Crippen molar-refractivity contribution in [2.24, 2.45) is 0 Å². The van der Waals surface area contributed by atoms with Crippen molar-refractivity contribution in [1.82, 2.24) is 9.56 Å². The molecule has 8 heteroatoms. The van der Waals surface area contributed by atoms with Gasteiger partial charge in [-0.3, -0.25) is 9.59 Å². The fourth-order valence-electron chi connectivity index (χ4n) is 2.79. The molecule has 2 aromatic heterocycles. The molecule has 2 heterocycles. The van der Waals surface area contributed by atoms with Crippen molar-refractivity contribution in [3.8, 4) is 0 Å². The van der Waals surface area contributed by atoms with Gasteiger partial charge in [-0.25, -0.2) is 9.37 Å². The molecule has 29 heavy (non-hydrogen) atoms. The first kappa shape index (κ1) is 18.9. The SMILES string of the molecule is Cc1cc2nc(CSc3ccccc3NC(=O)c3ccc(F)cc3)cc(=O)n2o1. The number of amides is 1. The Labute approximate surface area is 169 Å². The number of hydrogen-bond donors (Lipinski definition) is 1. The average Bonchev–Trinajstić information content (AvgIpc) is 3.08. The smallest absolute Gasteiger partial charge is 0.287 e. The van der Waals surface area contributed by atoms with Crippen LogP contribution in [0, 0.1) is 12.7 Å². The molecule has 0 aliphatic carbocycles. The topological polar surface area (TPSA) is 76.6 Å². The molecule has 6 nitrogen and oxygen atoms in total. The summed E-state index contributed by atoms with van der Waals surface area (Å²) in [5.41, 5.74) is 1.78. The van der Waals surface area contributed by atoms with E-state index < -0.39 is 5.82 Å². The van der Waals surface area contributed by atoms with Gasteiger partial charge in [0.05, 0.1) is 11.4 Å². The van der Waals surface area contributed by atoms with E-state index in [2.05, 4.69) is 10.3 Å². The summed E-state index contributed by atoms with van der Waals surface area (Å²) in [6.45, 7) is 1.75. The third-order valence-corrected chi connectivity index (χ3v) is 5.25. The summed E-state index contributed by atoms with van der Waals surface area (Å²) in [5, 5.41) is 2.84. The molecule has 2 aromatic carbocycles.